The second kappa shape index (κ2) is 9.38. The molecule has 2 aliphatic rings. The van der Waals surface area contributed by atoms with E-state index in [1.165, 1.54) is 26.2 Å². The molecule has 2 atom stereocenters. The molecular formula is C20H30ClN3O2. The number of nitrogens with one attached hydrogen (secondary N) is 2. The predicted molar refractivity (Wildman–Crippen MR) is 106 cm³/mol. The smallest absolute Gasteiger partial charge is 0.223 e. The van der Waals surface area contributed by atoms with Crippen LogP contribution in [0.15, 0.2) is 24.3 Å². The molecule has 2 unspecified atom stereocenters. The van der Waals surface area contributed by atoms with Gasteiger partial charge in [-0.05, 0) is 61.6 Å². The molecule has 2 fully saturated rings. The van der Waals surface area contributed by atoms with Crippen molar-refractivity contribution >= 4 is 29.9 Å². The van der Waals surface area contributed by atoms with E-state index in [4.69, 9.17) is 5.73 Å². The number of carbonyl (C=O) groups excluding carboxylic acids is 2. The van der Waals surface area contributed by atoms with Gasteiger partial charge in [0.1, 0.15) is 0 Å². The second-order valence-electron chi connectivity index (χ2n) is 7.62. The molecule has 6 heteroatoms. The molecular weight excluding hydrogens is 350 g/mol. The Labute approximate surface area is 161 Å². The van der Waals surface area contributed by atoms with Gasteiger partial charge in [0.25, 0.3) is 0 Å². The van der Waals surface area contributed by atoms with E-state index in [0.717, 1.165) is 30.5 Å². The van der Waals surface area contributed by atoms with Crippen LogP contribution < -0.4 is 16.4 Å². The molecule has 144 valence electrons. The lowest BCUT2D eigenvalue weighted by molar-refractivity contribution is -0.127. The SMILES string of the molecule is CC(=O)Nc1ccc(CCNC(=O)C2CC3CCCC(C2)C3N)cc1.Cl. The number of hydrogen-bond donors (Lipinski definition) is 3. The minimum absolute atomic E-state index is 0. The number of benzene rings is 1. The van der Waals surface area contributed by atoms with Gasteiger partial charge in [-0.25, -0.2) is 0 Å². The van der Waals surface area contributed by atoms with Gasteiger partial charge in [0.2, 0.25) is 11.8 Å². The van der Waals surface area contributed by atoms with E-state index in [1.807, 2.05) is 24.3 Å². The molecule has 0 spiro atoms. The van der Waals surface area contributed by atoms with Crippen LogP contribution in [-0.2, 0) is 16.0 Å². The van der Waals surface area contributed by atoms with Crippen LogP contribution in [0.3, 0.4) is 0 Å². The van der Waals surface area contributed by atoms with E-state index in [9.17, 15) is 9.59 Å². The monoisotopic (exact) mass is 379 g/mol. The molecule has 5 nitrogen and oxygen atoms in total. The predicted octanol–water partition coefficient (Wildman–Crippen LogP) is 2.88. The van der Waals surface area contributed by atoms with E-state index < -0.39 is 0 Å². The summed E-state index contributed by atoms with van der Waals surface area (Å²) in [5.41, 5.74) is 8.25. The van der Waals surface area contributed by atoms with Crippen molar-refractivity contribution in [1.29, 1.82) is 0 Å². The Morgan fingerprint density at radius 3 is 2.31 bits per heavy atom. The second-order valence-corrected chi connectivity index (χ2v) is 7.62. The third kappa shape index (κ3) is 5.21. The van der Waals surface area contributed by atoms with Crippen molar-refractivity contribution in [3.63, 3.8) is 0 Å². The molecule has 0 radical (unpaired) electrons. The van der Waals surface area contributed by atoms with Crippen molar-refractivity contribution < 1.29 is 9.59 Å². The van der Waals surface area contributed by atoms with Gasteiger partial charge in [0, 0.05) is 31.1 Å². The van der Waals surface area contributed by atoms with Gasteiger partial charge < -0.3 is 16.4 Å². The molecule has 2 saturated carbocycles. The Bertz CT molecular complexity index is 606. The molecule has 0 saturated heterocycles. The molecule has 0 aliphatic heterocycles. The summed E-state index contributed by atoms with van der Waals surface area (Å²) >= 11 is 0. The van der Waals surface area contributed by atoms with Crippen LogP contribution in [0, 0.1) is 17.8 Å². The summed E-state index contributed by atoms with van der Waals surface area (Å²) in [5, 5.41) is 5.86. The first-order valence-corrected chi connectivity index (χ1v) is 9.42. The third-order valence-electron chi connectivity index (χ3n) is 5.77. The van der Waals surface area contributed by atoms with Crippen molar-refractivity contribution in [2.75, 3.05) is 11.9 Å². The number of rotatable bonds is 5. The molecule has 2 aliphatic carbocycles. The Morgan fingerprint density at radius 1 is 1.12 bits per heavy atom. The standard InChI is InChI=1S/C20H29N3O2.ClH/c1-13(24)23-18-7-5-14(6-8-18)9-10-22-20(25)17-11-15-3-2-4-16(12-17)19(15)21;/h5-8,15-17,19H,2-4,9-12,21H2,1H3,(H,22,25)(H,23,24);1H. The van der Waals surface area contributed by atoms with Crippen molar-refractivity contribution in [2.45, 2.75) is 51.5 Å². The van der Waals surface area contributed by atoms with Gasteiger partial charge in [0.15, 0.2) is 0 Å². The van der Waals surface area contributed by atoms with Crippen molar-refractivity contribution in [3.05, 3.63) is 29.8 Å². The molecule has 1 aromatic carbocycles. The highest BCUT2D eigenvalue weighted by molar-refractivity contribution is 5.88. The van der Waals surface area contributed by atoms with Crippen LogP contribution in [-0.4, -0.2) is 24.4 Å². The largest absolute Gasteiger partial charge is 0.356 e. The molecule has 2 bridgehead atoms. The van der Waals surface area contributed by atoms with Gasteiger partial charge in [-0.15, -0.1) is 12.4 Å². The molecule has 0 heterocycles. The third-order valence-corrected chi connectivity index (χ3v) is 5.77. The number of nitrogens with two attached hydrogens (primary N) is 1. The summed E-state index contributed by atoms with van der Waals surface area (Å²) in [6, 6.07) is 8.06. The zero-order chi connectivity index (χ0) is 17.8. The maximum Gasteiger partial charge on any atom is 0.223 e. The van der Waals surface area contributed by atoms with Crippen LogP contribution >= 0.6 is 12.4 Å². The summed E-state index contributed by atoms with van der Waals surface area (Å²) in [7, 11) is 0. The van der Waals surface area contributed by atoms with Crippen molar-refractivity contribution in [3.8, 4) is 0 Å². The zero-order valence-corrected chi connectivity index (χ0v) is 16.2. The Kier molecular flexibility index (Phi) is 7.47. The lowest BCUT2D eigenvalue weighted by atomic mass is 9.65. The van der Waals surface area contributed by atoms with Crippen molar-refractivity contribution in [2.24, 2.45) is 23.5 Å². The first-order chi connectivity index (χ1) is 12.0. The maximum absolute atomic E-state index is 12.5. The lowest BCUT2D eigenvalue weighted by Crippen LogP contribution is -2.49. The topological polar surface area (TPSA) is 84.2 Å². The highest BCUT2D eigenvalue weighted by Crippen LogP contribution is 2.41. The minimum atomic E-state index is -0.0722. The molecule has 2 amide bonds. The quantitative estimate of drug-likeness (QED) is 0.735. The Hall–Kier alpha value is -1.59. The number of halogens is 1. The van der Waals surface area contributed by atoms with E-state index in [0.29, 0.717) is 24.4 Å². The van der Waals surface area contributed by atoms with Gasteiger partial charge >= 0.3 is 0 Å². The van der Waals surface area contributed by atoms with Crippen LogP contribution in [0.5, 0.6) is 0 Å². The Balaban J connectivity index is 0.00000243. The molecule has 0 aromatic heterocycles. The van der Waals surface area contributed by atoms with Gasteiger partial charge in [-0.1, -0.05) is 18.6 Å². The fraction of sp³-hybridized carbons (Fsp3) is 0.600. The average Bonchev–Trinajstić information content (AvgIpc) is 2.55. The van der Waals surface area contributed by atoms with E-state index >= 15 is 0 Å². The number of amides is 2. The summed E-state index contributed by atoms with van der Waals surface area (Å²) < 4.78 is 0. The highest BCUT2D eigenvalue weighted by atomic mass is 35.5. The minimum Gasteiger partial charge on any atom is -0.356 e. The zero-order valence-electron chi connectivity index (χ0n) is 15.4. The molecule has 1 aromatic rings. The van der Waals surface area contributed by atoms with Crippen molar-refractivity contribution in [1.82, 2.24) is 5.32 Å². The first kappa shape index (κ1) is 20.7. The van der Waals surface area contributed by atoms with Crippen LogP contribution in [0.1, 0.15) is 44.6 Å². The van der Waals surface area contributed by atoms with Gasteiger partial charge in [-0.3, -0.25) is 9.59 Å². The van der Waals surface area contributed by atoms with E-state index in [-0.39, 0.29) is 30.1 Å². The number of carbonyl (C=O) groups is 2. The first-order valence-electron chi connectivity index (χ1n) is 9.42. The maximum atomic E-state index is 12.5. The fourth-order valence-corrected chi connectivity index (χ4v) is 4.44. The normalized spacial score (nSPS) is 27.2. The number of anilines is 1. The summed E-state index contributed by atoms with van der Waals surface area (Å²) in [6.07, 6.45) is 6.34. The molecule has 4 N–H and O–H groups in total. The van der Waals surface area contributed by atoms with E-state index in [1.54, 1.807) is 0 Å². The Morgan fingerprint density at radius 2 is 1.73 bits per heavy atom. The molecule has 26 heavy (non-hydrogen) atoms. The fourth-order valence-electron chi connectivity index (χ4n) is 4.44. The van der Waals surface area contributed by atoms with Gasteiger partial charge in [-0.2, -0.15) is 0 Å². The molecule has 3 rings (SSSR count). The number of hydrogen-bond acceptors (Lipinski definition) is 3. The van der Waals surface area contributed by atoms with E-state index in [2.05, 4.69) is 10.6 Å². The van der Waals surface area contributed by atoms with Gasteiger partial charge in [0.05, 0.1) is 0 Å². The highest BCUT2D eigenvalue weighted by Gasteiger charge is 2.40. The lowest BCUT2D eigenvalue weighted by Gasteiger charge is -2.43. The summed E-state index contributed by atoms with van der Waals surface area (Å²) in [4.78, 5) is 23.5. The number of fused-ring (bicyclic) bond motifs is 2. The summed E-state index contributed by atoms with van der Waals surface area (Å²) in [5.74, 6) is 1.32. The van der Waals surface area contributed by atoms with Crippen LogP contribution in [0.4, 0.5) is 5.69 Å². The van der Waals surface area contributed by atoms with Crippen LogP contribution in [0.25, 0.3) is 0 Å². The summed E-state index contributed by atoms with van der Waals surface area (Å²) in [6.45, 7) is 2.14. The van der Waals surface area contributed by atoms with Crippen LogP contribution in [0.2, 0.25) is 0 Å². The average molecular weight is 380 g/mol.